The Kier molecular flexibility index (Phi) is 38.0. The Bertz CT molecular complexity index is 2930. The number of aliphatic carboxylic acids is 1. The van der Waals surface area contributed by atoms with Crippen molar-refractivity contribution in [3.8, 4) is 0 Å². The highest BCUT2D eigenvalue weighted by molar-refractivity contribution is 7.80. The number of nitrogens with zero attached hydrogens (tertiary/aromatic N) is 3. The van der Waals surface area contributed by atoms with E-state index < -0.39 is 175 Å². The van der Waals surface area contributed by atoms with Crippen LogP contribution in [0, 0.1) is 23.7 Å². The van der Waals surface area contributed by atoms with Crippen molar-refractivity contribution < 1.29 is 77.6 Å². The fraction of sp³-hybridized carbons (Fsp3) is 0.697. The van der Waals surface area contributed by atoms with E-state index in [1.807, 2.05) is 20.8 Å². The first-order valence-electron chi connectivity index (χ1n) is 34.5. The van der Waals surface area contributed by atoms with Gasteiger partial charge >= 0.3 is 5.97 Å². The lowest BCUT2D eigenvalue weighted by atomic mass is 9.97. The van der Waals surface area contributed by atoms with E-state index in [2.05, 4.69) is 70.8 Å². The van der Waals surface area contributed by atoms with Gasteiger partial charge in [0.05, 0.1) is 25.8 Å². The van der Waals surface area contributed by atoms with Crippen LogP contribution in [0.4, 0.5) is 0 Å². The van der Waals surface area contributed by atoms with E-state index in [1.54, 1.807) is 65.0 Å². The van der Waals surface area contributed by atoms with Gasteiger partial charge in [-0.2, -0.15) is 12.6 Å². The standard InChI is InChI=1S/C66H111N17O16S/c1-9-39(8)53(81-52(86)32-72-54(87)41(68)28-36(2)3)64(97)83-27-17-23-51(83)62(95)80-49(35-100)60(93)76-45(31-40-18-11-10-12-19-40)63(96)82-26-16-22-50(82)61(94)79-48(34-85)59(92)78-47(33-84)58(91)75-44(29-37(4)5)57(90)74-42(20-13-14-24-67)55(88)73-43(21-15-25-71-66(69)70)56(89)77-46(65(98)99)30-38(6)7/h10-12,18-19,36-39,41-51,53,84-85,100H,9,13-17,20-35,67-68H2,1-8H3,(H,72,87)(H,73,88)(H,74,90)(H,75,91)(H,76,93)(H,77,89)(H,78,92)(H,79,94)(H,80,95)(H,81,86)(H,98,99)(H4,69,70,71)/t39-,41-,42-,43-,44-,45-,46-,47-,48-,49-,50-,51-,53-/m0/s1. The van der Waals surface area contributed by atoms with Crippen molar-refractivity contribution in [3.05, 3.63) is 35.9 Å². The highest BCUT2D eigenvalue weighted by Gasteiger charge is 2.43. The van der Waals surface area contributed by atoms with Gasteiger partial charge < -0.3 is 101 Å². The summed E-state index contributed by atoms with van der Waals surface area (Å²) in [6.07, 6.45) is 2.67. The first-order valence-corrected chi connectivity index (χ1v) is 35.2. The van der Waals surface area contributed by atoms with E-state index in [0.29, 0.717) is 37.7 Å². The zero-order valence-corrected chi connectivity index (χ0v) is 59.8. The molecule has 1 aromatic carbocycles. The van der Waals surface area contributed by atoms with E-state index in [4.69, 9.17) is 22.9 Å². The van der Waals surface area contributed by atoms with Gasteiger partial charge in [0.25, 0.3) is 0 Å². The summed E-state index contributed by atoms with van der Waals surface area (Å²) in [6, 6.07) is -7.27. The number of hydrogen-bond acceptors (Lipinski definition) is 19. The number of nitrogens with two attached hydrogens (primary N) is 4. The van der Waals surface area contributed by atoms with Crippen LogP contribution in [0.3, 0.4) is 0 Å². The van der Waals surface area contributed by atoms with Gasteiger partial charge in [0.1, 0.15) is 66.5 Å². The fourth-order valence-corrected chi connectivity index (χ4v) is 11.8. The van der Waals surface area contributed by atoms with E-state index >= 15 is 0 Å². The zero-order chi connectivity index (χ0) is 74.9. The second kappa shape index (κ2) is 44.1. The predicted molar refractivity (Wildman–Crippen MR) is 374 cm³/mol. The van der Waals surface area contributed by atoms with E-state index in [9.17, 15) is 77.6 Å². The third-order valence-corrected chi connectivity index (χ3v) is 17.5. The topological polar surface area (TPSA) is 526 Å². The molecule has 34 heteroatoms. The Labute approximate surface area is 590 Å². The van der Waals surface area contributed by atoms with Crippen LogP contribution >= 0.6 is 12.6 Å². The van der Waals surface area contributed by atoms with Gasteiger partial charge in [0.2, 0.25) is 70.9 Å². The van der Waals surface area contributed by atoms with Gasteiger partial charge in [-0.05, 0) is 113 Å². The number of amides is 12. The smallest absolute Gasteiger partial charge is 0.326 e. The number of aliphatic imine (C=N–C) groups is 1. The highest BCUT2D eigenvalue weighted by Crippen LogP contribution is 2.24. The molecule has 1 aromatic rings. The Morgan fingerprint density at radius 3 is 1.51 bits per heavy atom. The summed E-state index contributed by atoms with van der Waals surface area (Å²) in [4.78, 5) is 186. The molecule has 0 radical (unpaired) electrons. The molecule has 2 heterocycles. The lowest BCUT2D eigenvalue weighted by Crippen LogP contribution is -2.61. The first-order chi connectivity index (χ1) is 47.3. The summed E-state index contributed by atoms with van der Waals surface area (Å²) < 4.78 is 0. The maximum atomic E-state index is 14.8. The maximum Gasteiger partial charge on any atom is 0.326 e. The van der Waals surface area contributed by atoms with Crippen molar-refractivity contribution in [2.75, 3.05) is 51.7 Å². The third-order valence-electron chi connectivity index (χ3n) is 17.1. The number of guanidine groups is 1. The number of unbranched alkanes of at least 4 members (excludes halogenated alkanes) is 1. The number of carbonyl (C=O) groups excluding carboxylic acids is 12. The average molecular weight is 1430 g/mol. The number of aliphatic hydroxyl groups is 2. The van der Waals surface area contributed by atoms with Crippen molar-refractivity contribution in [1.29, 1.82) is 0 Å². The summed E-state index contributed by atoms with van der Waals surface area (Å²) in [7, 11) is 0. The maximum absolute atomic E-state index is 14.8. The van der Waals surface area contributed by atoms with Gasteiger partial charge in [-0.15, -0.1) is 0 Å². The van der Waals surface area contributed by atoms with Crippen LogP contribution < -0.4 is 76.1 Å². The molecular weight excluding hydrogens is 1320 g/mol. The lowest BCUT2D eigenvalue weighted by molar-refractivity contribution is -0.143. The second-order valence-corrected chi connectivity index (χ2v) is 27.2. The highest BCUT2D eigenvalue weighted by atomic mass is 32.1. The van der Waals surface area contributed by atoms with Crippen molar-refractivity contribution in [1.82, 2.24) is 63.0 Å². The number of benzene rings is 1. The number of rotatable bonds is 44. The van der Waals surface area contributed by atoms with Gasteiger partial charge in [0.15, 0.2) is 5.96 Å². The first kappa shape index (κ1) is 86.0. The van der Waals surface area contributed by atoms with Gasteiger partial charge in [-0.3, -0.25) is 62.5 Å². The van der Waals surface area contributed by atoms with Gasteiger partial charge in [0, 0.05) is 31.8 Å². The summed E-state index contributed by atoms with van der Waals surface area (Å²) in [5.74, 6) is -12.0. The number of nitrogens with one attached hydrogen (secondary N) is 10. The third kappa shape index (κ3) is 28.8. The van der Waals surface area contributed by atoms with Crippen LogP contribution in [0.2, 0.25) is 0 Å². The number of carbonyl (C=O) groups is 13. The van der Waals surface area contributed by atoms with Crippen molar-refractivity contribution in [2.24, 2.45) is 51.6 Å². The van der Waals surface area contributed by atoms with Crippen molar-refractivity contribution in [2.45, 2.75) is 218 Å². The average Bonchev–Trinajstić information content (AvgIpc) is 1.62. The van der Waals surface area contributed by atoms with E-state index in [0.717, 1.165) is 0 Å². The molecule has 562 valence electrons. The molecule has 12 amide bonds. The molecule has 13 atom stereocenters. The van der Waals surface area contributed by atoms with Crippen LogP contribution in [0.25, 0.3) is 0 Å². The van der Waals surface area contributed by atoms with Crippen LogP contribution in [0.15, 0.2) is 35.3 Å². The molecule has 2 saturated heterocycles. The summed E-state index contributed by atoms with van der Waals surface area (Å²) in [5.41, 5.74) is 23.3. The molecular formula is C66H111N17O16S. The number of carboxylic acid groups (broad SMARTS) is 1. The molecule has 2 fully saturated rings. The molecule has 0 unspecified atom stereocenters. The summed E-state index contributed by atoms with van der Waals surface area (Å²) in [6.45, 7) is 12.4. The number of likely N-dealkylation sites (tertiary alicyclic amines) is 2. The van der Waals surface area contributed by atoms with Crippen molar-refractivity contribution >= 4 is 95.4 Å². The molecule has 3 rings (SSSR count). The van der Waals surface area contributed by atoms with Crippen LogP contribution in [-0.2, 0) is 68.7 Å². The van der Waals surface area contributed by atoms with Gasteiger partial charge in [-0.25, -0.2) is 4.79 Å². The lowest BCUT2D eigenvalue weighted by Gasteiger charge is -2.32. The number of aliphatic hydroxyl groups excluding tert-OH is 2. The fourth-order valence-electron chi connectivity index (χ4n) is 11.5. The van der Waals surface area contributed by atoms with Crippen molar-refractivity contribution in [3.63, 3.8) is 0 Å². The summed E-state index contributed by atoms with van der Waals surface area (Å²) in [5, 5.41) is 56.5. The molecule has 0 spiro atoms. The zero-order valence-electron chi connectivity index (χ0n) is 58.9. The largest absolute Gasteiger partial charge is 0.480 e. The second-order valence-electron chi connectivity index (χ2n) is 26.8. The minimum absolute atomic E-state index is 0.00393. The number of hydrogen-bond donors (Lipinski definition) is 18. The van der Waals surface area contributed by atoms with Crippen LogP contribution in [-0.4, -0.2) is 232 Å². The van der Waals surface area contributed by atoms with Gasteiger partial charge in [-0.1, -0.05) is 92.1 Å². The molecule has 100 heavy (non-hydrogen) atoms. The quantitative estimate of drug-likeness (QED) is 0.0130. The molecule has 0 aliphatic carbocycles. The summed E-state index contributed by atoms with van der Waals surface area (Å²) >= 11 is 4.37. The Morgan fingerprint density at radius 2 is 1.01 bits per heavy atom. The van der Waals surface area contributed by atoms with E-state index in [-0.39, 0.29) is 113 Å². The molecule has 2 aliphatic heterocycles. The SMILES string of the molecule is CC[C@H](C)[C@H](NC(=O)CNC(=O)[C@@H](N)CC(C)C)C(=O)N1CCC[C@H]1C(=O)N[C@@H](CS)C(=O)N[C@@H](Cc1ccccc1)C(=O)N1CCC[C@H]1C(=O)N[C@@H](CO)C(=O)N[C@@H](CO)C(=O)N[C@@H](CC(C)C)C(=O)N[C@@H](CCCCN)C(=O)N[C@@H](CCCN=C(N)N)C(=O)N[C@@H](CC(C)C)C(=O)O. The Morgan fingerprint density at radius 1 is 0.560 bits per heavy atom. The van der Waals surface area contributed by atoms with E-state index in [1.165, 1.54) is 9.80 Å². The molecule has 33 nitrogen and oxygen atoms in total. The molecule has 0 aromatic heterocycles. The van der Waals surface area contributed by atoms with Crippen LogP contribution in [0.1, 0.15) is 144 Å². The molecule has 2 aliphatic rings. The Hall–Kier alpha value is -8.21. The van der Waals surface area contributed by atoms with Crippen LogP contribution in [0.5, 0.6) is 0 Å². The minimum atomic E-state index is -1.79. The number of carboxylic acids is 1. The monoisotopic (exact) mass is 1430 g/mol. The molecule has 0 bridgehead atoms. The normalized spacial score (nSPS) is 17.7. The molecule has 0 saturated carbocycles. The predicted octanol–water partition coefficient (Wildman–Crippen LogP) is -3.62. The minimum Gasteiger partial charge on any atom is -0.480 e. The molecule has 21 N–H and O–H groups in total. The number of thiol groups is 1. The Balaban J connectivity index is 1.79.